The SMILES string of the molecule is C=CCN(C(=O)[C@@H]1[C@H]2C(=O)N(CCCCCO)C(C(=O)N(CC=C)C3CCCCC3)C23CC(C)[C@@]1(C)O3)c1ccc(OCC)cc1. The molecule has 3 amide bonds. The number of aliphatic hydroxyl groups is 1. The van der Waals surface area contributed by atoms with Gasteiger partial charge < -0.3 is 29.3 Å². The minimum absolute atomic E-state index is 0.0522. The monoisotopic (exact) mass is 635 g/mol. The van der Waals surface area contributed by atoms with E-state index in [0.717, 1.165) is 38.5 Å². The molecule has 3 saturated heterocycles. The van der Waals surface area contributed by atoms with Crippen LogP contribution < -0.4 is 9.64 Å². The van der Waals surface area contributed by atoms with E-state index in [0.29, 0.717) is 50.4 Å². The largest absolute Gasteiger partial charge is 0.494 e. The minimum atomic E-state index is -1.10. The molecule has 3 unspecified atom stereocenters. The molecule has 46 heavy (non-hydrogen) atoms. The molecule has 1 spiro atoms. The van der Waals surface area contributed by atoms with E-state index in [9.17, 15) is 19.5 Å². The summed E-state index contributed by atoms with van der Waals surface area (Å²) in [6.45, 7) is 15.5. The summed E-state index contributed by atoms with van der Waals surface area (Å²) in [5.41, 5.74) is -1.33. The first kappa shape index (κ1) is 34.2. The summed E-state index contributed by atoms with van der Waals surface area (Å²) in [7, 11) is 0. The van der Waals surface area contributed by atoms with Crippen LogP contribution in [0.1, 0.15) is 78.6 Å². The number of carbonyl (C=O) groups excluding carboxylic acids is 3. The maximum absolute atomic E-state index is 14.9. The smallest absolute Gasteiger partial charge is 0.248 e. The van der Waals surface area contributed by atoms with Crippen molar-refractivity contribution >= 4 is 23.4 Å². The molecular formula is C37H53N3O6. The number of aliphatic hydroxyl groups excluding tert-OH is 1. The number of nitrogens with zero attached hydrogens (tertiary/aromatic N) is 3. The van der Waals surface area contributed by atoms with Gasteiger partial charge in [-0.1, -0.05) is 38.3 Å². The normalized spacial score (nSPS) is 30.3. The maximum Gasteiger partial charge on any atom is 0.248 e. The van der Waals surface area contributed by atoms with E-state index in [2.05, 4.69) is 20.1 Å². The van der Waals surface area contributed by atoms with Crippen molar-refractivity contribution in [1.82, 2.24) is 9.80 Å². The van der Waals surface area contributed by atoms with E-state index in [1.807, 2.05) is 43.0 Å². The molecule has 3 aliphatic heterocycles. The molecule has 6 atom stereocenters. The lowest BCUT2D eigenvalue weighted by Gasteiger charge is -2.41. The molecular weight excluding hydrogens is 582 g/mol. The average Bonchev–Trinajstić information content (AvgIpc) is 3.57. The van der Waals surface area contributed by atoms with Crippen molar-refractivity contribution in [2.45, 2.75) is 102 Å². The Morgan fingerprint density at radius 1 is 1.07 bits per heavy atom. The highest BCUT2D eigenvalue weighted by Gasteiger charge is 2.80. The number of hydrogen-bond donors (Lipinski definition) is 1. The summed E-state index contributed by atoms with van der Waals surface area (Å²) < 4.78 is 12.7. The number of hydrogen-bond acceptors (Lipinski definition) is 6. The van der Waals surface area contributed by atoms with Gasteiger partial charge in [0.2, 0.25) is 17.7 Å². The predicted octanol–water partition coefficient (Wildman–Crippen LogP) is 5.12. The Hall–Kier alpha value is -3.17. The van der Waals surface area contributed by atoms with Crippen LogP contribution in [0.25, 0.3) is 0 Å². The molecule has 1 N–H and O–H groups in total. The van der Waals surface area contributed by atoms with Crippen LogP contribution in [-0.2, 0) is 19.1 Å². The van der Waals surface area contributed by atoms with Crippen molar-refractivity contribution in [3.8, 4) is 5.75 Å². The summed E-state index contributed by atoms with van der Waals surface area (Å²) in [5, 5.41) is 9.40. The topological polar surface area (TPSA) is 99.6 Å². The fourth-order valence-electron chi connectivity index (χ4n) is 8.82. The van der Waals surface area contributed by atoms with Crippen LogP contribution >= 0.6 is 0 Å². The van der Waals surface area contributed by atoms with Crippen molar-refractivity contribution in [1.29, 1.82) is 0 Å². The third-order valence-electron chi connectivity index (χ3n) is 11.0. The first-order chi connectivity index (χ1) is 22.2. The zero-order valence-corrected chi connectivity index (χ0v) is 28.0. The molecule has 4 fully saturated rings. The van der Waals surface area contributed by atoms with E-state index in [1.165, 1.54) is 0 Å². The molecule has 1 saturated carbocycles. The Kier molecular flexibility index (Phi) is 10.6. The van der Waals surface area contributed by atoms with Crippen LogP contribution in [0.5, 0.6) is 5.75 Å². The highest BCUT2D eigenvalue weighted by atomic mass is 16.5. The van der Waals surface area contributed by atoms with Gasteiger partial charge in [0.15, 0.2) is 0 Å². The number of rotatable bonds is 15. The predicted molar refractivity (Wildman–Crippen MR) is 178 cm³/mol. The van der Waals surface area contributed by atoms with Gasteiger partial charge in [-0.05, 0) is 82.6 Å². The Balaban J connectivity index is 1.55. The van der Waals surface area contributed by atoms with Gasteiger partial charge in [0.1, 0.15) is 17.4 Å². The van der Waals surface area contributed by atoms with Crippen LogP contribution in [0.4, 0.5) is 5.69 Å². The van der Waals surface area contributed by atoms with Crippen molar-refractivity contribution in [3.05, 3.63) is 49.6 Å². The number of anilines is 1. The van der Waals surface area contributed by atoms with Gasteiger partial charge in [0.25, 0.3) is 0 Å². The second-order valence-corrected chi connectivity index (χ2v) is 13.8. The third-order valence-corrected chi connectivity index (χ3v) is 11.0. The molecule has 2 bridgehead atoms. The van der Waals surface area contributed by atoms with Gasteiger partial charge >= 0.3 is 0 Å². The van der Waals surface area contributed by atoms with E-state index in [4.69, 9.17) is 9.47 Å². The van der Waals surface area contributed by atoms with Gasteiger partial charge in [-0.2, -0.15) is 0 Å². The lowest BCUT2D eigenvalue weighted by atomic mass is 9.62. The fraction of sp³-hybridized carbons (Fsp3) is 0.649. The van der Waals surface area contributed by atoms with Crippen molar-refractivity contribution < 1.29 is 29.0 Å². The number of unbranched alkanes of at least 4 members (excludes halogenated alkanes) is 2. The Morgan fingerprint density at radius 3 is 2.39 bits per heavy atom. The van der Waals surface area contributed by atoms with Gasteiger partial charge in [-0.3, -0.25) is 14.4 Å². The van der Waals surface area contributed by atoms with E-state index >= 15 is 0 Å². The van der Waals surface area contributed by atoms with Crippen molar-refractivity contribution in [2.24, 2.45) is 17.8 Å². The molecule has 5 rings (SSSR count). The third kappa shape index (κ3) is 5.89. The Bertz CT molecular complexity index is 1280. The van der Waals surface area contributed by atoms with Crippen LogP contribution in [0, 0.1) is 17.8 Å². The number of carbonyl (C=O) groups is 3. The standard InChI is InChI=1S/C37H53N3O6/c1-6-21-38(28-17-19-29(20-18-28)45-8-3)33(42)30-31-34(43)40(23-13-10-14-24-41)32(37(31)25-26(4)36(30,5)46-37)35(44)39(22-7-2)27-15-11-9-12-16-27/h6-7,17-20,26-27,30-32,41H,1-2,8-16,21-25H2,3-5H3/t26?,30-,31-,32?,36+,37?/m0/s1. The zero-order valence-electron chi connectivity index (χ0n) is 28.0. The molecule has 3 heterocycles. The van der Waals surface area contributed by atoms with E-state index in [-0.39, 0.29) is 42.8 Å². The molecule has 1 aromatic rings. The van der Waals surface area contributed by atoms with Crippen molar-refractivity contribution in [2.75, 3.05) is 37.7 Å². The number of ether oxygens (including phenoxy) is 2. The van der Waals surface area contributed by atoms with Crippen LogP contribution in [0.2, 0.25) is 0 Å². The first-order valence-corrected chi connectivity index (χ1v) is 17.4. The van der Waals surface area contributed by atoms with Crippen LogP contribution in [0.3, 0.4) is 0 Å². The van der Waals surface area contributed by atoms with Gasteiger partial charge in [0, 0.05) is 38.0 Å². The Morgan fingerprint density at radius 2 is 1.76 bits per heavy atom. The second kappa shape index (κ2) is 14.3. The van der Waals surface area contributed by atoms with Gasteiger partial charge in [-0.25, -0.2) is 0 Å². The summed E-state index contributed by atoms with van der Waals surface area (Å²) >= 11 is 0. The Labute approximate surface area is 274 Å². The first-order valence-electron chi connectivity index (χ1n) is 17.4. The molecule has 9 nitrogen and oxygen atoms in total. The van der Waals surface area contributed by atoms with Crippen LogP contribution in [-0.4, -0.2) is 88.8 Å². The fourth-order valence-corrected chi connectivity index (χ4v) is 8.82. The molecule has 4 aliphatic rings. The lowest BCUT2D eigenvalue weighted by Crippen LogP contribution is -2.58. The molecule has 9 heteroatoms. The van der Waals surface area contributed by atoms with Gasteiger partial charge in [-0.15, -0.1) is 13.2 Å². The maximum atomic E-state index is 14.9. The second-order valence-electron chi connectivity index (χ2n) is 13.8. The molecule has 0 aromatic heterocycles. The number of benzene rings is 1. The zero-order chi connectivity index (χ0) is 33.1. The quantitative estimate of drug-likeness (QED) is 0.212. The summed E-state index contributed by atoms with van der Waals surface area (Å²) in [5.74, 6) is -1.35. The summed E-state index contributed by atoms with van der Waals surface area (Å²) in [6, 6.07) is 6.67. The summed E-state index contributed by atoms with van der Waals surface area (Å²) in [4.78, 5) is 49.7. The lowest BCUT2D eigenvalue weighted by molar-refractivity contribution is -0.154. The van der Waals surface area contributed by atoms with Crippen molar-refractivity contribution in [3.63, 3.8) is 0 Å². The molecule has 252 valence electrons. The van der Waals surface area contributed by atoms with E-state index < -0.39 is 29.1 Å². The average molecular weight is 636 g/mol. The minimum Gasteiger partial charge on any atom is -0.494 e. The van der Waals surface area contributed by atoms with Crippen LogP contribution in [0.15, 0.2) is 49.6 Å². The number of fused-ring (bicyclic) bond motifs is 1. The number of likely N-dealkylation sites (tertiary alicyclic amines) is 1. The summed E-state index contributed by atoms with van der Waals surface area (Å²) in [6.07, 6.45) is 11.2. The van der Waals surface area contributed by atoms with Gasteiger partial charge in [0.05, 0.1) is 24.0 Å². The van der Waals surface area contributed by atoms with E-state index in [1.54, 1.807) is 22.0 Å². The highest BCUT2D eigenvalue weighted by molar-refractivity contribution is 6.03. The molecule has 1 aromatic carbocycles. The molecule has 1 aliphatic carbocycles. The number of amides is 3. The highest BCUT2D eigenvalue weighted by Crippen LogP contribution is 2.65. The molecule has 0 radical (unpaired) electrons.